The van der Waals surface area contributed by atoms with Crippen LogP contribution in [0.2, 0.25) is 0 Å². The molecule has 0 aliphatic rings. The number of benzene rings is 3. The Kier molecular flexibility index (Phi) is 5.84. The molecule has 0 aromatic heterocycles. The van der Waals surface area contributed by atoms with E-state index >= 15 is 0 Å². The van der Waals surface area contributed by atoms with Gasteiger partial charge in [-0.05, 0) is 54.4 Å². The van der Waals surface area contributed by atoms with Crippen LogP contribution in [-0.2, 0) is 11.2 Å². The molecule has 0 heterocycles. The lowest BCUT2D eigenvalue weighted by atomic mass is 10.1. The normalized spacial score (nSPS) is 10.2. The number of carboxylic acids is 1. The van der Waals surface area contributed by atoms with Gasteiger partial charge < -0.3 is 15.2 Å². The highest BCUT2D eigenvalue weighted by Crippen LogP contribution is 2.22. The summed E-state index contributed by atoms with van der Waals surface area (Å²) in [6.07, 6.45) is 0.544. The molecule has 0 atom stereocenters. The van der Waals surface area contributed by atoms with E-state index in [0.717, 1.165) is 5.56 Å². The van der Waals surface area contributed by atoms with Crippen LogP contribution >= 0.6 is 0 Å². The summed E-state index contributed by atoms with van der Waals surface area (Å²) in [7, 11) is 0. The Labute approximate surface area is 157 Å². The molecule has 0 aliphatic carbocycles. The predicted molar refractivity (Wildman–Crippen MR) is 103 cm³/mol. The second kappa shape index (κ2) is 8.67. The fraction of sp³-hybridized carbons (Fsp3) is 0.0909. The van der Waals surface area contributed by atoms with Crippen molar-refractivity contribution in [1.29, 1.82) is 0 Å². The van der Waals surface area contributed by atoms with Gasteiger partial charge in [0, 0.05) is 17.7 Å². The lowest BCUT2D eigenvalue weighted by Crippen LogP contribution is -2.11. The number of carbonyl (C=O) groups is 2. The lowest BCUT2D eigenvalue weighted by Gasteiger charge is -2.09. The summed E-state index contributed by atoms with van der Waals surface area (Å²) >= 11 is 0. The van der Waals surface area contributed by atoms with Gasteiger partial charge in [-0.25, -0.2) is 0 Å². The molecule has 3 aromatic rings. The molecule has 27 heavy (non-hydrogen) atoms. The summed E-state index contributed by atoms with van der Waals surface area (Å²) in [5.74, 6) is 0.210. The summed E-state index contributed by atoms with van der Waals surface area (Å²) in [6.45, 7) is 0. The Morgan fingerprint density at radius 2 is 1.56 bits per heavy atom. The summed E-state index contributed by atoms with van der Waals surface area (Å²) in [5, 5.41) is 11.6. The van der Waals surface area contributed by atoms with Gasteiger partial charge in [0.05, 0.1) is 0 Å². The number of ether oxygens (including phenoxy) is 1. The van der Waals surface area contributed by atoms with Gasteiger partial charge in [-0.3, -0.25) is 9.59 Å². The van der Waals surface area contributed by atoms with Crippen LogP contribution in [0.25, 0.3) is 0 Å². The molecule has 0 spiro atoms. The molecule has 5 heteroatoms. The number of rotatable bonds is 7. The topological polar surface area (TPSA) is 75.6 Å². The van der Waals surface area contributed by atoms with Crippen molar-refractivity contribution in [3.63, 3.8) is 0 Å². The van der Waals surface area contributed by atoms with Crippen molar-refractivity contribution >= 4 is 17.6 Å². The molecular formula is C22H19NO4. The van der Waals surface area contributed by atoms with Crippen LogP contribution in [-0.4, -0.2) is 17.0 Å². The van der Waals surface area contributed by atoms with Gasteiger partial charge in [0.1, 0.15) is 11.5 Å². The highest BCUT2D eigenvalue weighted by molar-refractivity contribution is 6.04. The van der Waals surface area contributed by atoms with E-state index in [9.17, 15) is 9.59 Å². The van der Waals surface area contributed by atoms with Crippen molar-refractivity contribution in [2.75, 3.05) is 5.32 Å². The highest BCUT2D eigenvalue weighted by atomic mass is 16.5. The van der Waals surface area contributed by atoms with Crippen molar-refractivity contribution in [2.24, 2.45) is 0 Å². The maximum atomic E-state index is 12.5. The Morgan fingerprint density at radius 3 is 2.26 bits per heavy atom. The van der Waals surface area contributed by atoms with Crippen molar-refractivity contribution in [2.45, 2.75) is 12.8 Å². The molecular weight excluding hydrogens is 342 g/mol. The molecule has 0 bridgehead atoms. The number of amides is 1. The molecule has 136 valence electrons. The van der Waals surface area contributed by atoms with E-state index in [0.29, 0.717) is 29.2 Å². The van der Waals surface area contributed by atoms with Gasteiger partial charge in [0.25, 0.3) is 5.91 Å². The molecule has 3 rings (SSSR count). The van der Waals surface area contributed by atoms with Crippen molar-refractivity contribution in [1.82, 2.24) is 0 Å². The fourth-order valence-electron chi connectivity index (χ4n) is 2.53. The lowest BCUT2D eigenvalue weighted by molar-refractivity contribution is -0.136. The number of carboxylic acid groups (broad SMARTS) is 1. The molecule has 5 nitrogen and oxygen atoms in total. The van der Waals surface area contributed by atoms with Crippen LogP contribution in [0.1, 0.15) is 22.3 Å². The third kappa shape index (κ3) is 5.44. The number of aliphatic carboxylic acids is 1. The summed E-state index contributed by atoms with van der Waals surface area (Å²) < 4.78 is 5.75. The monoisotopic (exact) mass is 361 g/mol. The number of carbonyl (C=O) groups excluding carboxylic acids is 1. The summed E-state index contributed by atoms with van der Waals surface area (Å²) in [6, 6.07) is 23.5. The number of hydrogen-bond acceptors (Lipinski definition) is 3. The molecule has 0 unspecified atom stereocenters. The zero-order chi connectivity index (χ0) is 19.1. The minimum atomic E-state index is -0.829. The molecule has 0 fully saturated rings. The first-order chi connectivity index (χ1) is 13.1. The van der Waals surface area contributed by atoms with Gasteiger partial charge in [-0.15, -0.1) is 0 Å². The van der Waals surface area contributed by atoms with Gasteiger partial charge >= 0.3 is 5.97 Å². The zero-order valence-corrected chi connectivity index (χ0v) is 14.6. The van der Waals surface area contributed by atoms with Crippen LogP contribution in [0.5, 0.6) is 11.5 Å². The molecule has 1 amide bonds. The van der Waals surface area contributed by atoms with Crippen LogP contribution in [0.4, 0.5) is 5.69 Å². The van der Waals surface area contributed by atoms with Crippen LogP contribution in [0, 0.1) is 0 Å². The number of para-hydroxylation sites is 1. The van der Waals surface area contributed by atoms with E-state index < -0.39 is 5.97 Å². The maximum Gasteiger partial charge on any atom is 0.303 e. The van der Waals surface area contributed by atoms with E-state index in [1.165, 1.54) is 0 Å². The van der Waals surface area contributed by atoms with Gasteiger partial charge in [-0.2, -0.15) is 0 Å². The number of hydrogen-bond donors (Lipinski definition) is 2. The molecule has 0 saturated heterocycles. The number of anilines is 1. The van der Waals surface area contributed by atoms with Gasteiger partial charge in [-0.1, -0.05) is 36.4 Å². The van der Waals surface area contributed by atoms with Crippen LogP contribution in [0.3, 0.4) is 0 Å². The van der Waals surface area contributed by atoms with Gasteiger partial charge in [0.2, 0.25) is 0 Å². The second-order valence-corrected chi connectivity index (χ2v) is 5.99. The molecule has 0 radical (unpaired) electrons. The molecule has 2 N–H and O–H groups in total. The third-order valence-corrected chi connectivity index (χ3v) is 3.91. The van der Waals surface area contributed by atoms with E-state index in [1.54, 1.807) is 36.4 Å². The Bertz CT molecular complexity index is 921. The van der Waals surface area contributed by atoms with E-state index in [2.05, 4.69) is 5.32 Å². The summed E-state index contributed by atoms with van der Waals surface area (Å²) in [4.78, 5) is 23.1. The minimum absolute atomic E-state index is 0.0832. The third-order valence-electron chi connectivity index (χ3n) is 3.91. The molecule has 0 aliphatic heterocycles. The highest BCUT2D eigenvalue weighted by Gasteiger charge is 2.08. The first-order valence-corrected chi connectivity index (χ1v) is 8.55. The van der Waals surface area contributed by atoms with Gasteiger partial charge in [0.15, 0.2) is 0 Å². The smallest absolute Gasteiger partial charge is 0.303 e. The first-order valence-electron chi connectivity index (χ1n) is 8.55. The van der Waals surface area contributed by atoms with E-state index in [1.807, 2.05) is 42.5 Å². The Balaban J connectivity index is 1.64. The summed E-state index contributed by atoms with van der Waals surface area (Å²) in [5.41, 5.74) is 2.04. The van der Waals surface area contributed by atoms with E-state index in [-0.39, 0.29) is 12.3 Å². The zero-order valence-electron chi connectivity index (χ0n) is 14.6. The van der Waals surface area contributed by atoms with E-state index in [4.69, 9.17) is 9.84 Å². The standard InChI is InChI=1S/C22H19NO4/c24-21(25)14-11-16-9-12-18(13-10-16)23-22(26)17-5-4-8-20(15-17)27-19-6-2-1-3-7-19/h1-10,12-13,15H,11,14H2,(H,23,26)(H,24,25). The van der Waals surface area contributed by atoms with Crippen LogP contribution in [0.15, 0.2) is 78.9 Å². The predicted octanol–water partition coefficient (Wildman–Crippen LogP) is 4.75. The SMILES string of the molecule is O=C(O)CCc1ccc(NC(=O)c2cccc(Oc3ccccc3)c2)cc1. The van der Waals surface area contributed by atoms with Crippen molar-refractivity contribution < 1.29 is 19.4 Å². The Hall–Kier alpha value is -3.60. The average molecular weight is 361 g/mol. The van der Waals surface area contributed by atoms with Crippen LogP contribution < -0.4 is 10.1 Å². The molecule has 0 saturated carbocycles. The average Bonchev–Trinajstić information content (AvgIpc) is 2.68. The Morgan fingerprint density at radius 1 is 0.852 bits per heavy atom. The number of nitrogens with one attached hydrogen (secondary N) is 1. The molecule has 3 aromatic carbocycles. The van der Waals surface area contributed by atoms with Crippen molar-refractivity contribution in [3.8, 4) is 11.5 Å². The quantitative estimate of drug-likeness (QED) is 0.637. The first kappa shape index (κ1) is 18.2. The fourth-order valence-corrected chi connectivity index (χ4v) is 2.53. The number of aryl methyl sites for hydroxylation is 1. The maximum absolute atomic E-state index is 12.5. The second-order valence-electron chi connectivity index (χ2n) is 5.99. The van der Waals surface area contributed by atoms with Crippen molar-refractivity contribution in [3.05, 3.63) is 90.0 Å². The largest absolute Gasteiger partial charge is 0.481 e. The minimum Gasteiger partial charge on any atom is -0.481 e.